The minimum absolute atomic E-state index is 0.0144. The number of non-ortho nitro benzene ring substituents is 1. The average molecular weight is 282 g/mol. The van der Waals surface area contributed by atoms with E-state index in [0.717, 1.165) is 5.56 Å². The van der Waals surface area contributed by atoms with Gasteiger partial charge in [-0.25, -0.2) is 14.9 Å². The number of hydrogen-bond acceptors (Lipinski definition) is 6. The number of carbonyl (C=O) groups is 2. The van der Waals surface area contributed by atoms with Gasteiger partial charge in [-0.15, -0.1) is 0 Å². The van der Waals surface area contributed by atoms with Gasteiger partial charge in [0, 0.05) is 18.2 Å². The van der Waals surface area contributed by atoms with E-state index in [9.17, 15) is 19.7 Å². The first-order chi connectivity index (χ1) is 9.38. The fraction of sp³-hybridized carbons (Fsp3) is 0.273. The highest BCUT2D eigenvalue weighted by Crippen LogP contribution is 2.12. The molecular formula is C11H14N4O5. The number of amides is 3. The molecule has 0 spiro atoms. The van der Waals surface area contributed by atoms with Gasteiger partial charge in [0.05, 0.1) is 4.92 Å². The minimum atomic E-state index is -1.01. The van der Waals surface area contributed by atoms with E-state index in [4.69, 9.17) is 11.5 Å². The zero-order valence-electron chi connectivity index (χ0n) is 10.4. The van der Waals surface area contributed by atoms with Gasteiger partial charge in [0.1, 0.15) is 6.61 Å². The number of urea groups is 1. The fourth-order valence-corrected chi connectivity index (χ4v) is 1.43. The van der Waals surface area contributed by atoms with Gasteiger partial charge < -0.3 is 16.2 Å². The number of nitro benzene ring substituents is 1. The molecular weight excluding hydrogens is 268 g/mol. The summed E-state index contributed by atoms with van der Waals surface area (Å²) in [4.78, 5) is 31.3. The second-order valence-corrected chi connectivity index (χ2v) is 3.98. The quantitative estimate of drug-likeness (QED) is 0.520. The van der Waals surface area contributed by atoms with Gasteiger partial charge in [-0.1, -0.05) is 12.1 Å². The molecule has 108 valence electrons. The second-order valence-electron chi connectivity index (χ2n) is 3.98. The van der Waals surface area contributed by atoms with Crippen molar-refractivity contribution in [1.82, 2.24) is 5.32 Å². The molecule has 0 bridgehead atoms. The first-order valence-corrected chi connectivity index (χ1v) is 5.60. The lowest BCUT2D eigenvalue weighted by Crippen LogP contribution is -2.38. The van der Waals surface area contributed by atoms with Gasteiger partial charge >= 0.3 is 12.1 Å². The maximum Gasteiger partial charge on any atom is 0.415 e. The molecule has 1 rings (SSSR count). The molecule has 20 heavy (non-hydrogen) atoms. The van der Waals surface area contributed by atoms with E-state index in [1.54, 1.807) is 17.4 Å². The van der Waals surface area contributed by atoms with Crippen molar-refractivity contribution in [1.29, 1.82) is 0 Å². The summed E-state index contributed by atoms with van der Waals surface area (Å²) in [6.07, 6.45) is -0.612. The number of primary amides is 1. The molecule has 1 atom stereocenters. The number of nitrogens with two attached hydrogens (primary N) is 2. The van der Waals surface area contributed by atoms with Crippen LogP contribution in [0.5, 0.6) is 0 Å². The Balaban J connectivity index is 2.42. The summed E-state index contributed by atoms with van der Waals surface area (Å²) in [5.41, 5.74) is 11.2. The van der Waals surface area contributed by atoms with Crippen LogP contribution in [0.4, 0.5) is 15.3 Å². The number of alkyl carbamates (subject to hydrolysis) is 1. The maximum absolute atomic E-state index is 11.0. The van der Waals surface area contributed by atoms with Gasteiger partial charge in [0.15, 0.2) is 0 Å². The molecule has 0 saturated carbocycles. The normalized spacial score (nSPS) is 11.4. The molecule has 0 aliphatic rings. The zero-order chi connectivity index (χ0) is 15.1. The number of benzene rings is 1. The van der Waals surface area contributed by atoms with Crippen LogP contribution >= 0.6 is 0 Å². The van der Waals surface area contributed by atoms with Gasteiger partial charge in [-0.2, -0.15) is 0 Å². The van der Waals surface area contributed by atoms with Gasteiger partial charge in [0.2, 0.25) is 0 Å². The summed E-state index contributed by atoms with van der Waals surface area (Å²) in [5, 5.41) is 12.2. The third kappa shape index (κ3) is 5.31. The van der Waals surface area contributed by atoms with E-state index >= 15 is 0 Å². The molecule has 9 heteroatoms. The summed E-state index contributed by atoms with van der Waals surface area (Å²) >= 11 is 0. The lowest BCUT2D eigenvalue weighted by Gasteiger charge is -2.12. The summed E-state index contributed by atoms with van der Waals surface area (Å²) < 4.78 is 4.66. The average Bonchev–Trinajstić information content (AvgIpc) is 2.36. The Bertz CT molecular complexity index is 502. The highest BCUT2D eigenvalue weighted by atomic mass is 16.6. The van der Waals surface area contributed by atoms with Crippen molar-refractivity contribution in [3.8, 4) is 0 Å². The number of hydrogen-bond donors (Lipinski definition) is 3. The van der Waals surface area contributed by atoms with Gasteiger partial charge in [-0.05, 0) is 12.0 Å². The summed E-state index contributed by atoms with van der Waals surface area (Å²) in [6, 6.07) is 4.35. The predicted molar refractivity (Wildman–Crippen MR) is 68.8 cm³/mol. The second kappa shape index (κ2) is 7.04. The molecule has 1 aromatic carbocycles. The number of nitrogens with one attached hydrogen (secondary N) is 1. The Kier molecular flexibility index (Phi) is 5.42. The molecule has 1 aromatic rings. The Morgan fingerprint density at radius 1 is 1.35 bits per heavy atom. The van der Waals surface area contributed by atoms with E-state index in [-0.39, 0.29) is 12.3 Å². The van der Waals surface area contributed by atoms with Crippen LogP contribution in [0, 0.1) is 10.1 Å². The molecule has 0 aliphatic carbocycles. The Morgan fingerprint density at radius 3 is 2.45 bits per heavy atom. The third-order valence-corrected chi connectivity index (χ3v) is 2.30. The number of nitrogens with zero attached hydrogens (tertiary/aromatic N) is 1. The standard InChI is InChI=1S/C11H14N4O5/c12-8(6-20-11(17)14-10(13)16)5-7-1-3-9(4-2-7)15(18)19/h1-4,8H,5-6,12H2,(H3,13,14,16,17). The number of imide groups is 1. The smallest absolute Gasteiger partial charge is 0.415 e. The lowest BCUT2D eigenvalue weighted by molar-refractivity contribution is -0.384. The Hall–Kier alpha value is -2.68. The van der Waals surface area contributed by atoms with Crippen molar-refractivity contribution >= 4 is 17.8 Å². The highest BCUT2D eigenvalue weighted by molar-refractivity contribution is 5.89. The SMILES string of the molecule is NC(=O)NC(=O)OCC(N)Cc1ccc([N+](=O)[O-])cc1. The molecule has 0 aromatic heterocycles. The molecule has 0 aliphatic heterocycles. The van der Waals surface area contributed by atoms with E-state index in [1.807, 2.05) is 0 Å². The molecule has 0 heterocycles. The van der Waals surface area contributed by atoms with Crippen molar-refractivity contribution in [2.24, 2.45) is 11.5 Å². The third-order valence-electron chi connectivity index (χ3n) is 2.30. The van der Waals surface area contributed by atoms with Crippen LogP contribution in [-0.4, -0.2) is 29.7 Å². The molecule has 3 amide bonds. The zero-order valence-corrected chi connectivity index (χ0v) is 10.4. The van der Waals surface area contributed by atoms with Crippen LogP contribution in [0.15, 0.2) is 24.3 Å². The van der Waals surface area contributed by atoms with Crippen molar-refractivity contribution in [2.75, 3.05) is 6.61 Å². The minimum Gasteiger partial charge on any atom is -0.448 e. The maximum atomic E-state index is 11.0. The summed E-state index contributed by atoms with van der Waals surface area (Å²) in [7, 11) is 0. The summed E-state index contributed by atoms with van der Waals surface area (Å²) in [5.74, 6) is 0. The molecule has 5 N–H and O–H groups in total. The lowest BCUT2D eigenvalue weighted by atomic mass is 10.1. The Morgan fingerprint density at radius 2 is 1.95 bits per heavy atom. The number of nitro groups is 1. The first-order valence-electron chi connectivity index (χ1n) is 5.60. The van der Waals surface area contributed by atoms with E-state index in [2.05, 4.69) is 4.74 Å². The first kappa shape index (κ1) is 15.4. The van der Waals surface area contributed by atoms with Crippen LogP contribution in [-0.2, 0) is 11.2 Å². The largest absolute Gasteiger partial charge is 0.448 e. The van der Waals surface area contributed by atoms with E-state index in [0.29, 0.717) is 6.42 Å². The van der Waals surface area contributed by atoms with Crippen LogP contribution in [0.3, 0.4) is 0 Å². The summed E-state index contributed by atoms with van der Waals surface area (Å²) in [6.45, 7) is -0.115. The van der Waals surface area contributed by atoms with Crippen molar-refractivity contribution in [3.63, 3.8) is 0 Å². The fourth-order valence-electron chi connectivity index (χ4n) is 1.43. The van der Waals surface area contributed by atoms with E-state index < -0.39 is 23.1 Å². The van der Waals surface area contributed by atoms with Crippen molar-refractivity contribution in [2.45, 2.75) is 12.5 Å². The van der Waals surface area contributed by atoms with Crippen LogP contribution in [0.1, 0.15) is 5.56 Å². The van der Waals surface area contributed by atoms with Gasteiger partial charge in [-0.3, -0.25) is 10.1 Å². The Labute approximate surface area is 114 Å². The molecule has 1 unspecified atom stereocenters. The van der Waals surface area contributed by atoms with Crippen LogP contribution in [0.25, 0.3) is 0 Å². The van der Waals surface area contributed by atoms with E-state index in [1.165, 1.54) is 12.1 Å². The molecule has 0 fully saturated rings. The van der Waals surface area contributed by atoms with Crippen LogP contribution < -0.4 is 16.8 Å². The number of ether oxygens (including phenoxy) is 1. The van der Waals surface area contributed by atoms with Crippen LogP contribution in [0.2, 0.25) is 0 Å². The predicted octanol–water partition coefficient (Wildman–Crippen LogP) is 0.270. The molecule has 9 nitrogen and oxygen atoms in total. The highest BCUT2D eigenvalue weighted by Gasteiger charge is 2.11. The van der Waals surface area contributed by atoms with Gasteiger partial charge in [0.25, 0.3) is 5.69 Å². The van der Waals surface area contributed by atoms with Crippen molar-refractivity contribution < 1.29 is 19.2 Å². The number of carbonyl (C=O) groups excluding carboxylic acids is 2. The monoisotopic (exact) mass is 282 g/mol. The topological polar surface area (TPSA) is 151 Å². The number of rotatable bonds is 5. The molecule has 0 radical (unpaired) electrons. The molecule has 0 saturated heterocycles. The van der Waals surface area contributed by atoms with Crippen molar-refractivity contribution in [3.05, 3.63) is 39.9 Å².